The Labute approximate surface area is 119 Å². The van der Waals surface area contributed by atoms with Gasteiger partial charge in [0, 0.05) is 17.9 Å². The molecule has 0 bridgehead atoms. The number of amides is 1. The smallest absolute Gasteiger partial charge is 0.226 e. The van der Waals surface area contributed by atoms with Crippen molar-refractivity contribution in [1.82, 2.24) is 0 Å². The van der Waals surface area contributed by atoms with E-state index in [0.717, 1.165) is 23.2 Å². The molecule has 0 fully saturated rings. The van der Waals surface area contributed by atoms with Gasteiger partial charge in [0.2, 0.25) is 5.91 Å². The molecule has 0 aromatic heterocycles. The number of carbonyl (C=O) groups is 1. The number of thiocarbonyl (C=S) groups is 1. The molecule has 0 atom stereocenters. The molecule has 0 radical (unpaired) electrons. The molecule has 0 aliphatic rings. The van der Waals surface area contributed by atoms with Crippen molar-refractivity contribution < 1.29 is 9.53 Å². The number of hydrogen-bond donors (Lipinski definition) is 2. The maximum absolute atomic E-state index is 11.8. The van der Waals surface area contributed by atoms with E-state index in [1.54, 1.807) is 6.07 Å². The quantitative estimate of drug-likeness (QED) is 0.594. The van der Waals surface area contributed by atoms with E-state index in [-0.39, 0.29) is 5.91 Å². The first-order chi connectivity index (χ1) is 9.04. The summed E-state index contributed by atoms with van der Waals surface area (Å²) in [6, 6.07) is 5.53. The fraction of sp³-hybridized carbons (Fsp3) is 0.429. The third-order valence-electron chi connectivity index (χ3n) is 2.62. The number of rotatable bonds is 7. The van der Waals surface area contributed by atoms with Crippen molar-refractivity contribution in [3.8, 4) is 0 Å². The molecule has 3 N–H and O–H groups in total. The van der Waals surface area contributed by atoms with E-state index in [4.69, 9.17) is 22.7 Å². The van der Waals surface area contributed by atoms with Crippen LogP contribution in [-0.2, 0) is 9.53 Å². The fourth-order valence-electron chi connectivity index (χ4n) is 1.53. The fourth-order valence-corrected chi connectivity index (χ4v) is 1.66. The number of anilines is 1. The van der Waals surface area contributed by atoms with Gasteiger partial charge in [0.25, 0.3) is 0 Å². The Hall–Kier alpha value is -1.46. The molecule has 0 unspecified atom stereocenters. The highest BCUT2D eigenvalue weighted by Gasteiger charge is 2.06. The highest BCUT2D eigenvalue weighted by atomic mass is 32.1. The van der Waals surface area contributed by atoms with Gasteiger partial charge in [-0.05, 0) is 25.0 Å². The van der Waals surface area contributed by atoms with Gasteiger partial charge in [-0.3, -0.25) is 4.79 Å². The summed E-state index contributed by atoms with van der Waals surface area (Å²) in [6.07, 6.45) is 1.30. The zero-order chi connectivity index (χ0) is 14.3. The average Bonchev–Trinajstić information content (AvgIpc) is 2.37. The lowest BCUT2D eigenvalue weighted by molar-refractivity contribution is -0.117. The second kappa shape index (κ2) is 7.86. The zero-order valence-corrected chi connectivity index (χ0v) is 12.2. The highest BCUT2D eigenvalue weighted by molar-refractivity contribution is 7.80. The van der Waals surface area contributed by atoms with Gasteiger partial charge in [0.05, 0.1) is 13.0 Å². The van der Waals surface area contributed by atoms with Crippen molar-refractivity contribution in [3.63, 3.8) is 0 Å². The first kappa shape index (κ1) is 15.6. The van der Waals surface area contributed by atoms with Crippen LogP contribution in [0.4, 0.5) is 5.69 Å². The third-order valence-corrected chi connectivity index (χ3v) is 2.85. The van der Waals surface area contributed by atoms with Gasteiger partial charge in [-0.2, -0.15) is 0 Å². The summed E-state index contributed by atoms with van der Waals surface area (Å²) in [5.41, 5.74) is 8.04. The molecular formula is C14H20N2O2S. The topological polar surface area (TPSA) is 64.3 Å². The molecule has 0 saturated carbocycles. The normalized spacial score (nSPS) is 10.2. The summed E-state index contributed by atoms with van der Waals surface area (Å²) in [6.45, 7) is 5.08. The van der Waals surface area contributed by atoms with Crippen molar-refractivity contribution in [1.29, 1.82) is 0 Å². The molecule has 1 aromatic rings. The van der Waals surface area contributed by atoms with Crippen molar-refractivity contribution in [2.24, 2.45) is 5.73 Å². The minimum absolute atomic E-state index is 0.0701. The SMILES string of the molecule is CCCOCCC(=O)Nc1cc(C(N)=S)ccc1C. The minimum atomic E-state index is -0.0701. The molecule has 0 saturated heterocycles. The number of benzene rings is 1. The lowest BCUT2D eigenvalue weighted by atomic mass is 10.1. The Morgan fingerprint density at radius 1 is 1.42 bits per heavy atom. The summed E-state index contributed by atoms with van der Waals surface area (Å²) in [5.74, 6) is -0.0701. The minimum Gasteiger partial charge on any atom is -0.389 e. The molecule has 4 nitrogen and oxygen atoms in total. The molecule has 0 heterocycles. The van der Waals surface area contributed by atoms with Crippen LogP contribution in [0, 0.1) is 6.92 Å². The van der Waals surface area contributed by atoms with Crippen LogP contribution in [0.25, 0.3) is 0 Å². The molecule has 0 aliphatic carbocycles. The van der Waals surface area contributed by atoms with E-state index >= 15 is 0 Å². The maximum atomic E-state index is 11.8. The number of aryl methyl sites for hydroxylation is 1. The standard InChI is InChI=1S/C14H20N2O2S/c1-3-7-18-8-6-13(17)16-12-9-11(14(15)19)5-4-10(12)2/h4-5,9H,3,6-8H2,1-2H3,(H2,15,19)(H,16,17). The van der Waals surface area contributed by atoms with Gasteiger partial charge >= 0.3 is 0 Å². The van der Waals surface area contributed by atoms with E-state index in [1.165, 1.54) is 0 Å². The Bertz CT molecular complexity index is 461. The third kappa shape index (κ3) is 5.36. The van der Waals surface area contributed by atoms with Gasteiger partial charge in [-0.1, -0.05) is 31.3 Å². The van der Waals surface area contributed by atoms with Gasteiger partial charge in [0.1, 0.15) is 4.99 Å². The van der Waals surface area contributed by atoms with Gasteiger partial charge < -0.3 is 15.8 Å². The molecule has 0 aliphatic heterocycles. The van der Waals surface area contributed by atoms with Crippen molar-refractivity contribution in [3.05, 3.63) is 29.3 Å². The van der Waals surface area contributed by atoms with E-state index in [2.05, 4.69) is 5.32 Å². The second-order valence-electron chi connectivity index (χ2n) is 4.30. The van der Waals surface area contributed by atoms with E-state index in [1.807, 2.05) is 26.0 Å². The Balaban J connectivity index is 2.58. The first-order valence-electron chi connectivity index (χ1n) is 6.32. The predicted molar refractivity (Wildman–Crippen MR) is 81.4 cm³/mol. The van der Waals surface area contributed by atoms with Crippen LogP contribution < -0.4 is 11.1 Å². The lowest BCUT2D eigenvalue weighted by Crippen LogP contribution is -2.16. The molecule has 1 amide bonds. The van der Waals surface area contributed by atoms with E-state index < -0.39 is 0 Å². The highest BCUT2D eigenvalue weighted by Crippen LogP contribution is 2.17. The monoisotopic (exact) mass is 280 g/mol. The van der Waals surface area contributed by atoms with Crippen molar-refractivity contribution >= 4 is 28.8 Å². The lowest BCUT2D eigenvalue weighted by Gasteiger charge is -2.10. The van der Waals surface area contributed by atoms with Gasteiger partial charge in [-0.25, -0.2) is 0 Å². The molecular weight excluding hydrogens is 260 g/mol. The first-order valence-corrected chi connectivity index (χ1v) is 6.73. The number of nitrogens with two attached hydrogens (primary N) is 1. The Morgan fingerprint density at radius 3 is 2.79 bits per heavy atom. The van der Waals surface area contributed by atoms with Crippen LogP contribution in [0.5, 0.6) is 0 Å². The molecule has 0 spiro atoms. The molecule has 1 aromatic carbocycles. The van der Waals surface area contributed by atoms with Gasteiger partial charge in [0.15, 0.2) is 0 Å². The summed E-state index contributed by atoms with van der Waals surface area (Å²) in [4.78, 5) is 12.1. The summed E-state index contributed by atoms with van der Waals surface area (Å²) in [5, 5.41) is 2.85. The molecule has 1 rings (SSSR count). The number of ether oxygens (including phenoxy) is 1. The Kier molecular flexibility index (Phi) is 6.45. The summed E-state index contributed by atoms with van der Waals surface area (Å²) >= 11 is 4.92. The van der Waals surface area contributed by atoms with Crippen molar-refractivity contribution in [2.45, 2.75) is 26.7 Å². The van der Waals surface area contributed by atoms with E-state index in [0.29, 0.717) is 24.6 Å². The van der Waals surface area contributed by atoms with Gasteiger partial charge in [-0.15, -0.1) is 0 Å². The van der Waals surface area contributed by atoms with Crippen LogP contribution in [0.15, 0.2) is 18.2 Å². The Morgan fingerprint density at radius 2 is 2.16 bits per heavy atom. The van der Waals surface area contributed by atoms with Crippen molar-refractivity contribution in [2.75, 3.05) is 18.5 Å². The van der Waals surface area contributed by atoms with Crippen LogP contribution in [-0.4, -0.2) is 24.1 Å². The largest absolute Gasteiger partial charge is 0.389 e. The summed E-state index contributed by atoms with van der Waals surface area (Å²) in [7, 11) is 0. The van der Waals surface area contributed by atoms with Crippen LogP contribution in [0.3, 0.4) is 0 Å². The second-order valence-corrected chi connectivity index (χ2v) is 4.74. The van der Waals surface area contributed by atoms with Crippen LogP contribution in [0.1, 0.15) is 30.9 Å². The number of carbonyl (C=O) groups excluding carboxylic acids is 1. The summed E-state index contributed by atoms with van der Waals surface area (Å²) < 4.78 is 5.28. The number of nitrogens with one attached hydrogen (secondary N) is 1. The van der Waals surface area contributed by atoms with Crippen LogP contribution >= 0.6 is 12.2 Å². The molecule has 19 heavy (non-hydrogen) atoms. The zero-order valence-electron chi connectivity index (χ0n) is 11.4. The predicted octanol–water partition coefficient (Wildman–Crippen LogP) is 2.38. The average molecular weight is 280 g/mol. The van der Waals surface area contributed by atoms with Crippen LogP contribution in [0.2, 0.25) is 0 Å². The number of hydrogen-bond acceptors (Lipinski definition) is 3. The molecule has 5 heteroatoms. The maximum Gasteiger partial charge on any atom is 0.226 e. The van der Waals surface area contributed by atoms with E-state index in [9.17, 15) is 4.79 Å². The molecule has 104 valence electrons.